The predicted octanol–water partition coefficient (Wildman–Crippen LogP) is 1.74. The summed E-state index contributed by atoms with van der Waals surface area (Å²) in [5.74, 6) is -0.485. The van der Waals surface area contributed by atoms with E-state index in [2.05, 4.69) is 0 Å². The van der Waals surface area contributed by atoms with Gasteiger partial charge in [-0.3, -0.25) is 9.59 Å². The zero-order chi connectivity index (χ0) is 13.7. The van der Waals surface area contributed by atoms with Crippen LogP contribution in [0.5, 0.6) is 0 Å². The fourth-order valence-electron chi connectivity index (χ4n) is 2.27. The summed E-state index contributed by atoms with van der Waals surface area (Å²) in [5.41, 5.74) is 0. The van der Waals surface area contributed by atoms with E-state index >= 15 is 0 Å². The van der Waals surface area contributed by atoms with Gasteiger partial charge < -0.3 is 9.29 Å². The van der Waals surface area contributed by atoms with Gasteiger partial charge in [-0.25, -0.2) is 0 Å². The molecule has 0 aromatic heterocycles. The van der Waals surface area contributed by atoms with Crippen LogP contribution in [0.3, 0.4) is 0 Å². The summed E-state index contributed by atoms with van der Waals surface area (Å²) in [7, 11) is -0.209. The highest BCUT2D eigenvalue weighted by Gasteiger charge is 2.39. The van der Waals surface area contributed by atoms with Gasteiger partial charge >= 0.3 is 0 Å². The molecule has 0 aromatic rings. The molecule has 1 N–H and O–H groups in total. The maximum Gasteiger partial charge on any atom is 0.163 e. The number of carbonyl (C=O) groups is 2. The number of rotatable bonds is 6. The summed E-state index contributed by atoms with van der Waals surface area (Å²) in [5, 5.41) is 9.27. The molecule has 1 saturated carbocycles. The maximum atomic E-state index is 12.0. The van der Waals surface area contributed by atoms with E-state index in [1.54, 1.807) is 0 Å². The van der Waals surface area contributed by atoms with Crippen LogP contribution in [-0.2, 0) is 21.3 Å². The number of ketones is 2. The molecular formula is C10H16IO4PS. The molecule has 4 nitrogen and oxygen atoms in total. The number of hydrogen-bond acceptors (Lipinski definition) is 4. The molecule has 0 aliphatic heterocycles. The van der Waals surface area contributed by atoms with Crippen molar-refractivity contribution in [2.24, 2.45) is 17.8 Å². The van der Waals surface area contributed by atoms with Crippen molar-refractivity contribution < 1.29 is 18.9 Å². The van der Waals surface area contributed by atoms with E-state index in [4.69, 9.17) is 5.46 Å². The van der Waals surface area contributed by atoms with Gasteiger partial charge in [-0.1, -0.05) is 7.96 Å². The molecule has 0 heterocycles. The van der Waals surface area contributed by atoms with Crippen molar-refractivity contribution in [1.82, 2.24) is 0 Å². The minimum atomic E-state index is -0.570. The highest BCUT2D eigenvalue weighted by atomic mass is 127. The van der Waals surface area contributed by atoms with E-state index in [1.165, 1.54) is 6.92 Å². The number of aliphatic hydroxyl groups excluding tert-OH is 1. The monoisotopic (exact) mass is 392 g/mol. The lowest BCUT2D eigenvalue weighted by Crippen LogP contribution is -2.25. The third-order valence-electron chi connectivity index (χ3n) is 3.22. The molecule has 0 aromatic carbocycles. The average molecular weight is 392 g/mol. The Hall–Kier alpha value is 0.640. The van der Waals surface area contributed by atoms with E-state index < -0.39 is 7.53 Å². The molecule has 98 valence electrons. The van der Waals surface area contributed by atoms with Crippen LogP contribution >= 0.6 is 29.2 Å². The smallest absolute Gasteiger partial charge is 0.163 e. The van der Waals surface area contributed by atoms with Gasteiger partial charge in [0.1, 0.15) is 13.7 Å². The van der Waals surface area contributed by atoms with Crippen LogP contribution in [-0.4, -0.2) is 31.2 Å². The Balaban J connectivity index is 2.58. The first-order chi connectivity index (χ1) is 8.49. The van der Waals surface area contributed by atoms with Gasteiger partial charge in [0.15, 0.2) is 5.78 Å². The van der Waals surface area contributed by atoms with Crippen molar-refractivity contribution in [2.75, 3.05) is 13.2 Å². The van der Waals surface area contributed by atoms with E-state index in [1.807, 2.05) is 21.2 Å². The summed E-state index contributed by atoms with van der Waals surface area (Å²) < 4.78 is 12.3. The Morgan fingerprint density at radius 2 is 2.35 bits per heavy atom. The van der Waals surface area contributed by atoms with Crippen molar-refractivity contribution >= 4 is 48.3 Å². The van der Waals surface area contributed by atoms with E-state index in [0.29, 0.717) is 20.8 Å². The van der Waals surface area contributed by atoms with Gasteiger partial charge in [0.2, 0.25) is 0 Å². The van der Waals surface area contributed by atoms with Crippen molar-refractivity contribution in [2.45, 2.75) is 19.8 Å². The minimum absolute atomic E-state index is 0.0241. The summed E-state index contributed by atoms with van der Waals surface area (Å²) in [6, 6.07) is 0. The Labute approximate surface area is 119 Å². The molecule has 0 saturated heterocycles. The second-order valence-corrected chi connectivity index (χ2v) is 10.4. The molecule has 0 bridgehead atoms. The Morgan fingerprint density at radius 3 is 2.88 bits per heavy atom. The van der Waals surface area contributed by atoms with Gasteiger partial charge in [0.25, 0.3) is 0 Å². The number of Topliss-reactive ketones (excluding diaryl/α,β-unsaturated/α-hetero) is 2. The number of carbonyl (C=O) groups excluding carboxylic acids is 2. The van der Waals surface area contributed by atoms with Gasteiger partial charge in [0.05, 0.1) is 0 Å². The quantitative estimate of drug-likeness (QED) is 0.553. The molecule has 7 heteroatoms. The van der Waals surface area contributed by atoms with Crippen molar-refractivity contribution in [3.63, 3.8) is 0 Å². The Bertz CT molecular complexity index is 366. The van der Waals surface area contributed by atoms with Crippen LogP contribution < -0.4 is 0 Å². The van der Waals surface area contributed by atoms with Gasteiger partial charge in [0, 0.05) is 47.2 Å². The highest BCUT2D eigenvalue weighted by molar-refractivity contribution is 14.2. The maximum absolute atomic E-state index is 12.0. The molecule has 4 atom stereocenters. The minimum Gasteiger partial charge on any atom is -0.396 e. The molecule has 1 unspecified atom stereocenters. The molecule has 17 heavy (non-hydrogen) atoms. The second-order valence-electron chi connectivity index (χ2n) is 4.26. The van der Waals surface area contributed by atoms with Crippen LogP contribution in [0, 0.1) is 17.8 Å². The normalized spacial score (nSPS) is 31.2. The second kappa shape index (κ2) is 7.28. The van der Waals surface area contributed by atoms with Crippen LogP contribution in [0.2, 0.25) is 0 Å². The Kier molecular flexibility index (Phi) is 6.02. The van der Waals surface area contributed by atoms with Crippen LogP contribution in [0.1, 0.15) is 19.8 Å². The van der Waals surface area contributed by atoms with E-state index in [-0.39, 0.29) is 42.5 Å². The van der Waals surface area contributed by atoms with Crippen LogP contribution in [0.25, 0.3) is 0 Å². The van der Waals surface area contributed by atoms with E-state index in [9.17, 15) is 14.7 Å². The SMILES string of the molecule is [3H]P=S(I)OCC(=O)[C@@H]1C[C@@H](C(C)=O)C[C@H]1CO. The molecule has 1 aliphatic carbocycles. The molecule has 0 amide bonds. The standard InChI is InChI=1S/C10H16IO4PS/c1-6(13)7-2-8(4-12)9(3-7)10(14)5-15-17(11)16/h7-9,12,16H,2-5H2,1H3/t7-,8-,9+,17?/m0/s1/i16T. The summed E-state index contributed by atoms with van der Waals surface area (Å²) in [4.78, 5) is 23.3. The summed E-state index contributed by atoms with van der Waals surface area (Å²) >= 11 is 1.98. The lowest BCUT2D eigenvalue weighted by atomic mass is 9.93. The van der Waals surface area contributed by atoms with Crippen molar-refractivity contribution in [3.05, 3.63) is 0 Å². The van der Waals surface area contributed by atoms with Gasteiger partial charge in [-0.2, -0.15) is 0 Å². The number of halogens is 1. The van der Waals surface area contributed by atoms with Crippen LogP contribution in [0.4, 0.5) is 0 Å². The van der Waals surface area contributed by atoms with Crippen LogP contribution in [0.15, 0.2) is 0 Å². The first-order valence-electron chi connectivity index (χ1n) is 5.77. The van der Waals surface area contributed by atoms with Crippen molar-refractivity contribution in [1.29, 1.82) is 1.28 Å². The fraction of sp³-hybridized carbons (Fsp3) is 0.800. The molecule has 1 rings (SSSR count). The third kappa shape index (κ3) is 4.67. The first kappa shape index (κ1) is 14.1. The van der Waals surface area contributed by atoms with Crippen molar-refractivity contribution in [3.8, 4) is 0 Å². The first-order valence-corrected chi connectivity index (χ1v) is 10.1. The molecule has 1 aliphatic rings. The summed E-state index contributed by atoms with van der Waals surface area (Å²) in [6.07, 6.45) is 1.12. The van der Waals surface area contributed by atoms with Gasteiger partial charge in [-0.05, 0) is 25.7 Å². The number of hydrogen-bond donors (Lipinski definition) is 1. The largest absolute Gasteiger partial charge is 0.396 e. The number of aliphatic hydroxyl groups is 1. The molecule has 0 spiro atoms. The molecule has 0 radical (unpaired) electrons. The zero-order valence-corrected chi connectivity index (χ0v) is 13.3. The lowest BCUT2D eigenvalue weighted by molar-refractivity contribution is -0.126. The topological polar surface area (TPSA) is 63.6 Å². The Morgan fingerprint density at radius 1 is 1.65 bits per heavy atom. The molecular weight excluding hydrogens is 374 g/mol. The van der Waals surface area contributed by atoms with E-state index in [0.717, 1.165) is 0 Å². The molecule has 1 fully saturated rings. The lowest BCUT2D eigenvalue weighted by Gasteiger charge is -2.15. The highest BCUT2D eigenvalue weighted by Crippen LogP contribution is 2.37. The summed E-state index contributed by atoms with van der Waals surface area (Å²) in [6.45, 7) is 1.44. The van der Waals surface area contributed by atoms with Gasteiger partial charge in [-0.15, -0.1) is 0 Å². The zero-order valence-electron chi connectivity index (χ0n) is 10.5. The predicted molar refractivity (Wildman–Crippen MR) is 78.1 cm³/mol. The third-order valence-corrected chi connectivity index (χ3v) is 4.61. The fourth-order valence-corrected chi connectivity index (χ4v) is 3.02. The average Bonchev–Trinajstić information content (AvgIpc) is 2.79.